The first-order chi connectivity index (χ1) is 25.0. The number of carboxylic acid groups (broad SMARTS) is 1. The number of para-hydroxylation sites is 1. The highest BCUT2D eigenvalue weighted by atomic mass is 19.4. The Bertz CT molecular complexity index is 1640. The first kappa shape index (κ1) is 38.5. The molecule has 0 aromatic heterocycles. The van der Waals surface area contributed by atoms with Crippen molar-refractivity contribution in [3.05, 3.63) is 58.7 Å². The predicted molar refractivity (Wildman–Crippen MR) is 182 cm³/mol. The van der Waals surface area contributed by atoms with Crippen molar-refractivity contribution >= 4 is 29.4 Å². The third-order valence-corrected chi connectivity index (χ3v) is 11.4. The number of hydrogen-bond acceptors (Lipinski definition) is 7. The number of nitrogens with zero attached hydrogens (tertiary/aromatic N) is 5. The SMILES string of the molecule is CN1CCN(C2CCN(C(=O)C(Cc3cc(C(F)(F)F)c(N)c(C(F)(F)F)c3)[C@H]3CC(N4CCc5ccccc5NC4=O)CCN3C(=O)[O-])CC2)CC1. The van der Waals surface area contributed by atoms with Crippen LogP contribution in [0.5, 0.6) is 0 Å². The highest BCUT2D eigenvalue weighted by Crippen LogP contribution is 2.43. The highest BCUT2D eigenvalue weighted by Gasteiger charge is 2.45. The van der Waals surface area contributed by atoms with Crippen LogP contribution in [0.1, 0.15) is 47.9 Å². The molecule has 2 aromatic rings. The van der Waals surface area contributed by atoms with Gasteiger partial charge in [0.15, 0.2) is 0 Å². The standard InChI is InChI=1S/C36H45F6N7O4/c1-45-14-16-46(17-15-45)24-7-10-47(11-8-24)32(50)26(18-22-19-27(35(37,38)39)31(43)28(20-22)36(40,41)42)30-21-25(9-13-49(30)34(52)53)48-12-6-23-4-2-3-5-29(23)44-33(48)51/h2-5,19-20,24-26,30H,6-18,21,43H2,1H3,(H,44,51)(H,52,53)/p-1/t25?,26?,30-/m1/s1. The number of anilines is 2. The smallest absolute Gasteiger partial charge is 0.418 e. The zero-order valence-corrected chi connectivity index (χ0v) is 29.4. The second-order valence-electron chi connectivity index (χ2n) is 14.5. The van der Waals surface area contributed by atoms with Crippen LogP contribution < -0.4 is 16.2 Å². The van der Waals surface area contributed by atoms with Crippen LogP contribution in [0, 0.1) is 5.92 Å². The number of hydrogen-bond donors (Lipinski definition) is 2. The number of nitrogens with two attached hydrogens (primary N) is 1. The molecule has 3 saturated heterocycles. The van der Waals surface area contributed by atoms with Crippen LogP contribution in [0.2, 0.25) is 0 Å². The molecule has 4 aliphatic heterocycles. The van der Waals surface area contributed by atoms with E-state index in [9.17, 15) is 45.8 Å². The van der Waals surface area contributed by atoms with E-state index in [0.29, 0.717) is 37.1 Å². The molecule has 17 heteroatoms. The molecule has 0 bridgehead atoms. The van der Waals surface area contributed by atoms with Crippen molar-refractivity contribution in [2.75, 3.05) is 70.5 Å². The van der Waals surface area contributed by atoms with E-state index in [1.54, 1.807) is 17.0 Å². The number of benzene rings is 2. The number of rotatable bonds is 6. The van der Waals surface area contributed by atoms with Crippen LogP contribution in [0.4, 0.5) is 47.3 Å². The lowest BCUT2D eigenvalue weighted by atomic mass is 9.81. The number of nitrogens with one attached hydrogen (secondary N) is 1. The van der Waals surface area contributed by atoms with Crippen LogP contribution >= 0.6 is 0 Å². The summed E-state index contributed by atoms with van der Waals surface area (Å²) in [4.78, 5) is 49.3. The first-order valence-corrected chi connectivity index (χ1v) is 17.9. The third kappa shape index (κ3) is 8.45. The number of nitrogen functional groups attached to an aromatic ring is 1. The van der Waals surface area contributed by atoms with E-state index in [2.05, 4.69) is 15.1 Å². The molecule has 6 rings (SSSR count). The van der Waals surface area contributed by atoms with E-state index in [0.717, 1.165) is 36.6 Å². The first-order valence-electron chi connectivity index (χ1n) is 17.9. The zero-order valence-electron chi connectivity index (χ0n) is 29.4. The summed E-state index contributed by atoms with van der Waals surface area (Å²) in [5, 5.41) is 15.5. The van der Waals surface area contributed by atoms with E-state index >= 15 is 0 Å². The normalized spacial score (nSPS) is 23.3. The van der Waals surface area contributed by atoms with Gasteiger partial charge >= 0.3 is 18.4 Å². The molecule has 53 heavy (non-hydrogen) atoms. The van der Waals surface area contributed by atoms with Gasteiger partial charge in [-0.25, -0.2) is 4.79 Å². The Labute approximate surface area is 303 Å². The van der Waals surface area contributed by atoms with E-state index in [4.69, 9.17) is 5.73 Å². The van der Waals surface area contributed by atoms with E-state index in [1.165, 1.54) is 4.90 Å². The molecule has 290 valence electrons. The fraction of sp³-hybridized carbons (Fsp3) is 0.583. The van der Waals surface area contributed by atoms with Crippen molar-refractivity contribution in [3.8, 4) is 0 Å². The van der Waals surface area contributed by atoms with Crippen LogP contribution in [0.15, 0.2) is 36.4 Å². The highest BCUT2D eigenvalue weighted by molar-refractivity contribution is 5.91. The Balaban J connectivity index is 1.33. The van der Waals surface area contributed by atoms with Gasteiger partial charge in [-0.1, -0.05) is 18.2 Å². The molecule has 4 heterocycles. The number of carbonyl (C=O) groups excluding carboxylic acids is 3. The number of alkyl halides is 6. The van der Waals surface area contributed by atoms with Crippen LogP contribution in [0.3, 0.4) is 0 Å². The Kier molecular flexibility index (Phi) is 11.1. The summed E-state index contributed by atoms with van der Waals surface area (Å²) < 4.78 is 84.5. The van der Waals surface area contributed by atoms with Crippen molar-refractivity contribution in [2.24, 2.45) is 5.92 Å². The third-order valence-electron chi connectivity index (χ3n) is 11.4. The summed E-state index contributed by atoms with van der Waals surface area (Å²) in [6.07, 6.45) is -11.0. The van der Waals surface area contributed by atoms with Crippen molar-refractivity contribution in [2.45, 2.75) is 69.0 Å². The molecular weight excluding hydrogens is 708 g/mol. The molecule has 3 atom stereocenters. The number of carbonyl (C=O) groups is 3. The summed E-state index contributed by atoms with van der Waals surface area (Å²) in [6, 6.07) is 6.21. The van der Waals surface area contributed by atoms with Gasteiger partial charge in [-0.2, -0.15) is 26.3 Å². The van der Waals surface area contributed by atoms with Gasteiger partial charge in [0.05, 0.1) is 22.7 Å². The van der Waals surface area contributed by atoms with E-state index < -0.39 is 77.2 Å². The summed E-state index contributed by atoms with van der Waals surface area (Å²) in [7, 11) is 2.04. The van der Waals surface area contributed by atoms with Crippen molar-refractivity contribution in [3.63, 3.8) is 0 Å². The quantitative estimate of drug-likeness (QED) is 0.338. The molecular formula is C36H44F6N7O4-. The Morgan fingerprint density at radius 1 is 0.887 bits per heavy atom. The maximum absolute atomic E-state index is 14.6. The van der Waals surface area contributed by atoms with Gasteiger partial charge in [-0.15, -0.1) is 0 Å². The van der Waals surface area contributed by atoms with E-state index in [-0.39, 0.29) is 45.1 Å². The number of piperidine rings is 2. The Hall–Kier alpha value is -4.25. The second kappa shape index (κ2) is 15.2. The molecule has 2 aromatic carbocycles. The molecule has 0 saturated carbocycles. The molecule has 0 radical (unpaired) electrons. The number of likely N-dealkylation sites (tertiary alicyclic amines) is 2. The number of piperazine rings is 1. The topological polar surface area (TPSA) is 129 Å². The summed E-state index contributed by atoms with van der Waals surface area (Å²) in [6.45, 7) is 4.18. The average molecular weight is 753 g/mol. The van der Waals surface area contributed by atoms with Gasteiger partial charge in [-0.3, -0.25) is 9.69 Å². The largest absolute Gasteiger partial charge is 0.530 e. The predicted octanol–water partition coefficient (Wildman–Crippen LogP) is 3.97. The minimum absolute atomic E-state index is 0.0842. The minimum atomic E-state index is -5.24. The maximum Gasteiger partial charge on any atom is 0.418 e. The van der Waals surface area contributed by atoms with Gasteiger partial charge in [-0.05, 0) is 74.9 Å². The molecule has 11 nitrogen and oxygen atoms in total. The van der Waals surface area contributed by atoms with Gasteiger partial charge in [0, 0.05) is 76.2 Å². The summed E-state index contributed by atoms with van der Waals surface area (Å²) in [5.41, 5.74) is 1.60. The molecule has 3 N–H and O–H groups in total. The van der Waals surface area contributed by atoms with Crippen LogP contribution in [0.25, 0.3) is 0 Å². The Morgan fingerprint density at radius 2 is 1.49 bits per heavy atom. The van der Waals surface area contributed by atoms with Gasteiger partial charge in [0.2, 0.25) is 5.91 Å². The monoisotopic (exact) mass is 752 g/mol. The van der Waals surface area contributed by atoms with Crippen LogP contribution in [-0.2, 0) is 30.0 Å². The number of amides is 4. The van der Waals surface area contributed by atoms with E-state index in [1.807, 2.05) is 19.2 Å². The van der Waals surface area contributed by atoms with Crippen molar-refractivity contribution in [1.29, 1.82) is 0 Å². The summed E-state index contributed by atoms with van der Waals surface area (Å²) in [5.74, 6) is -1.97. The summed E-state index contributed by atoms with van der Waals surface area (Å²) >= 11 is 0. The fourth-order valence-electron chi connectivity index (χ4n) is 8.42. The molecule has 0 aliphatic carbocycles. The molecule has 4 aliphatic rings. The van der Waals surface area contributed by atoms with Crippen molar-refractivity contribution in [1.82, 2.24) is 24.5 Å². The zero-order chi connectivity index (χ0) is 38.2. The minimum Gasteiger partial charge on any atom is -0.530 e. The average Bonchev–Trinajstić information content (AvgIpc) is 3.28. The Morgan fingerprint density at radius 3 is 2.09 bits per heavy atom. The molecule has 2 unspecified atom stereocenters. The van der Waals surface area contributed by atoms with Gasteiger partial charge < -0.3 is 40.6 Å². The lowest BCUT2D eigenvalue weighted by Crippen LogP contribution is -2.61. The lowest BCUT2D eigenvalue weighted by Gasteiger charge is -2.48. The fourth-order valence-corrected chi connectivity index (χ4v) is 8.42. The molecule has 3 fully saturated rings. The second-order valence-corrected chi connectivity index (χ2v) is 14.5. The number of halogens is 6. The molecule has 0 spiro atoms. The molecule has 4 amide bonds. The lowest BCUT2D eigenvalue weighted by molar-refractivity contribution is -0.270. The number of likely N-dealkylation sites (N-methyl/N-ethyl adjacent to an activating group) is 1. The van der Waals surface area contributed by atoms with Gasteiger partial charge in [0.1, 0.15) is 6.09 Å². The maximum atomic E-state index is 14.6. The van der Waals surface area contributed by atoms with Gasteiger partial charge in [0.25, 0.3) is 0 Å². The van der Waals surface area contributed by atoms with Crippen LogP contribution in [-0.4, -0.2) is 120 Å². The number of urea groups is 1. The van der Waals surface area contributed by atoms with Crippen molar-refractivity contribution < 1.29 is 45.8 Å². The number of fused-ring (bicyclic) bond motifs is 1.